The molecule has 143 heavy (non-hydrogen) atoms. The number of benzene rings is 9. The van der Waals surface area contributed by atoms with Gasteiger partial charge in [0.2, 0.25) is 0 Å². The van der Waals surface area contributed by atoms with Crippen molar-refractivity contribution in [3.63, 3.8) is 0 Å². The molecule has 0 radical (unpaired) electrons. The maximum Gasteiger partial charge on any atom is 0.474 e. The number of ether oxygens (including phenoxy) is 15. The van der Waals surface area contributed by atoms with Gasteiger partial charge in [0, 0.05) is 0 Å². The van der Waals surface area contributed by atoms with E-state index in [9.17, 15) is 0 Å². The maximum absolute atomic E-state index is 19.0. The SMILES string of the molecule is COC(=O)C12C(=O)OCCCCOP3(=O)OCCCCOC(=O)C4(C(=O)OC)C56c7c8c9c%10c%11c7-c7c5c5c%12c%13c7C7%14c%15c%16c%17c%18c(c%15-%13)C%13%15c%19c-%18c%18c%20c%21c%19-c%19c%22c-5c5c%23c%19C%21%19C%21(C(=O)OC)C(=O)OCCOCc%24cc(cc(c%24)COCCOC(=O)C%13(C(=O)OC)C%12%22%15)COCCOC(=O)C%12(C(=O)OC)C%17%13c%15c-%16c(c-%10c%10c%15-c%15c%16c%17c(c-%20c%15C%18%12%13)C%21%19c%12c-%17c(c-8c(c%12-%23)C546)C91C%10%162)C%117C%14(C(=O)OC)C(=O)OCCCCO3. The standard InChI is InChI=1S/C111H63O31P/c1-125-82(112)106-88(118)134-13-7-10-16-140-143(124)141-17-11-8-14-135-89(119)107(83(113)126-2)95-60-35-38-62(95)41-47-69-51-45-66(99(69,95)107)39-36(60)59-34-37-61-40-46-67-49-43(64(38)97(67,106)94(61,106)58(34)35)71(41)101-74(47)53-56-79-55-52-73(46)100-70(40)44-50-68-48-42(63(39)96(59)98(68,65(37)44)108(96,84(114)127-3)90(120)136-15-9-12-18-142-143)72(45)102-75(48)54-57-80(55)104(100,77(50)54)109(100,85(115)128-4)91(121)137-22-19-131-28-31-25-32(29-132-20-23-138-92(122)110(101,86(116)129-5)103(79,101)76(49)52)27-33(26-31)30-133-21-24-139-93(123)111(102,87(117)130-6)105(102,78(51)53)81(56)57/h25-27H,7-24,28-30H2,1-6H3. The quantitative estimate of drug-likeness (QED) is 0.0650. The van der Waals surface area contributed by atoms with Crippen LogP contribution in [0.1, 0.15) is 189 Å². The Morgan fingerprint density at radius 1 is 0.210 bits per heavy atom. The van der Waals surface area contributed by atoms with Crippen LogP contribution in [0.15, 0.2) is 18.2 Å². The zero-order chi connectivity index (χ0) is 94.6. The number of methoxy groups -OCH3 is 6. The minimum Gasteiger partial charge on any atom is -0.468 e. The Labute approximate surface area is 801 Å². The lowest BCUT2D eigenvalue weighted by molar-refractivity contribution is -0.167. The third-order valence-corrected chi connectivity index (χ3v) is 46.4. The van der Waals surface area contributed by atoms with Crippen LogP contribution in [-0.2, 0) is 232 Å². The second-order valence-corrected chi connectivity index (χ2v) is 47.3. The lowest BCUT2D eigenvalue weighted by atomic mass is 9.63. The molecule has 9 aromatic rings. The van der Waals surface area contributed by atoms with Crippen LogP contribution in [0.5, 0.6) is 0 Å². The smallest absolute Gasteiger partial charge is 0.468 e. The van der Waals surface area contributed by atoms with Crippen molar-refractivity contribution in [1.29, 1.82) is 0 Å². The first kappa shape index (κ1) is 73.7. The van der Waals surface area contributed by atoms with Crippen molar-refractivity contribution in [3.05, 3.63) is 168 Å². The lowest BCUT2D eigenvalue weighted by Gasteiger charge is -2.37. The predicted molar refractivity (Wildman–Crippen MR) is 470 cm³/mol. The summed E-state index contributed by atoms with van der Waals surface area (Å²) in [6.07, 6.45) is 0.278. The molecule has 18 unspecified atom stereocenters. The summed E-state index contributed by atoms with van der Waals surface area (Å²) in [6.45, 7) is -4.46. The van der Waals surface area contributed by atoms with E-state index >= 15 is 62.1 Å². The first-order valence-corrected chi connectivity index (χ1v) is 51.2. The van der Waals surface area contributed by atoms with Crippen LogP contribution < -0.4 is 0 Å². The molecule has 30 aliphatic carbocycles. The van der Waals surface area contributed by atoms with Crippen LogP contribution in [0.25, 0.3) is 134 Å². The number of carbonyl (C=O) groups excluding carboxylic acids is 12. The van der Waals surface area contributed by atoms with Crippen LogP contribution >= 0.6 is 7.82 Å². The van der Waals surface area contributed by atoms with E-state index in [2.05, 4.69) is 0 Å². The summed E-state index contributed by atoms with van der Waals surface area (Å²) in [6, 6.07) is 5.63. The molecule has 0 N–H and O–H groups in total. The summed E-state index contributed by atoms with van der Waals surface area (Å²) < 4.78 is 138. The Kier molecular flexibility index (Phi) is 9.81. The van der Waals surface area contributed by atoms with Gasteiger partial charge in [-0.2, -0.15) is 0 Å². The van der Waals surface area contributed by atoms with Crippen LogP contribution in [-0.4, -0.2) is 194 Å². The zero-order valence-electron chi connectivity index (χ0n) is 76.2. The van der Waals surface area contributed by atoms with Crippen molar-refractivity contribution in [2.75, 3.05) is 122 Å². The largest absolute Gasteiger partial charge is 0.474 e. The van der Waals surface area contributed by atoms with Gasteiger partial charge in [0.15, 0.2) is 32.5 Å². The van der Waals surface area contributed by atoms with Crippen molar-refractivity contribution in [3.8, 4) is 134 Å². The number of hydrogen-bond acceptors (Lipinski definition) is 31. The highest BCUT2D eigenvalue weighted by molar-refractivity contribution is 7.48. The van der Waals surface area contributed by atoms with Gasteiger partial charge in [0.25, 0.3) is 0 Å². The van der Waals surface area contributed by atoms with E-state index in [0.717, 1.165) is 0 Å². The van der Waals surface area contributed by atoms with Crippen LogP contribution in [0.3, 0.4) is 0 Å². The van der Waals surface area contributed by atoms with Crippen molar-refractivity contribution in [2.24, 2.45) is 32.5 Å². The molecule has 698 valence electrons. The Morgan fingerprint density at radius 3 is 0.483 bits per heavy atom. The van der Waals surface area contributed by atoms with E-state index in [1.54, 1.807) is 0 Å². The van der Waals surface area contributed by atoms with Gasteiger partial charge in [0.1, 0.15) is 19.8 Å². The second-order valence-electron chi connectivity index (χ2n) is 45.6. The molecule has 51 rings (SSSR count). The van der Waals surface area contributed by atoms with E-state index in [1.165, 1.54) is 42.7 Å². The topological polar surface area (TPSA) is 388 Å². The molecular weight excluding hydrogens is 1860 g/mol. The molecular formula is C111H63O31P. The molecule has 0 amide bonds. The molecule has 42 aliphatic rings. The number of phosphoric ester groups is 1. The second kappa shape index (κ2) is 19.0. The highest BCUT2D eigenvalue weighted by Gasteiger charge is 3.19. The van der Waals surface area contributed by atoms with E-state index in [1.807, 2.05) is 18.2 Å². The molecule has 12 heterocycles. The Hall–Kier alpha value is -13.4. The molecule has 0 saturated heterocycles. The third-order valence-electron chi connectivity index (χ3n) is 44.9. The molecule has 12 spiro atoms. The van der Waals surface area contributed by atoms with Gasteiger partial charge in [-0.05, 0) is 322 Å². The first-order valence-electron chi connectivity index (χ1n) is 49.7. The van der Waals surface area contributed by atoms with Crippen molar-refractivity contribution >= 4 is 79.5 Å². The van der Waals surface area contributed by atoms with Gasteiger partial charge >= 0.3 is 79.5 Å². The van der Waals surface area contributed by atoms with Gasteiger partial charge < -0.3 is 71.1 Å². The molecule has 18 atom stereocenters. The molecule has 12 aliphatic heterocycles. The highest BCUT2D eigenvalue weighted by Crippen LogP contribution is 3.17. The molecule has 6 fully saturated rings. The fourth-order valence-electron chi connectivity index (χ4n) is 44.6. The summed E-state index contributed by atoms with van der Waals surface area (Å²) in [5.74, 6) is -12.6. The van der Waals surface area contributed by atoms with Crippen molar-refractivity contribution in [2.45, 2.75) is 123 Å². The number of hydrogen-bond donors (Lipinski definition) is 0. The summed E-state index contributed by atoms with van der Waals surface area (Å²) in [4.78, 5) is 226. The van der Waals surface area contributed by atoms with Gasteiger partial charge in [-0.1, -0.05) is 18.2 Å². The molecule has 52 bridgehead atoms. The molecule has 0 aromatic heterocycles. The zero-order valence-corrected chi connectivity index (χ0v) is 77.1. The molecule has 31 nitrogen and oxygen atoms in total. The van der Waals surface area contributed by atoms with Gasteiger partial charge in [-0.3, -0.25) is 71.1 Å². The van der Waals surface area contributed by atoms with Crippen LogP contribution in [0, 0.1) is 32.5 Å². The predicted octanol–water partition coefficient (Wildman–Crippen LogP) is 8.63. The minimum atomic E-state index is -4.58. The monoisotopic (exact) mass is 1920 g/mol. The van der Waals surface area contributed by atoms with E-state index in [-0.39, 0.29) is 98.0 Å². The Bertz CT molecular complexity index is 7230. The number of esters is 12. The number of rotatable bonds is 6. The normalized spacial score (nSPS) is 40.2. The van der Waals surface area contributed by atoms with Gasteiger partial charge in [-0.25, -0.2) is 4.57 Å². The van der Waals surface area contributed by atoms with Gasteiger partial charge in [-0.15, -0.1) is 0 Å². The average Bonchev–Trinajstić information content (AvgIpc) is 1.30. The minimum absolute atomic E-state index is 0.0251. The maximum atomic E-state index is 19.0. The Morgan fingerprint density at radius 2 is 0.343 bits per heavy atom. The Balaban J connectivity index is 0.801. The molecule has 9 aromatic carbocycles. The van der Waals surface area contributed by atoms with E-state index < -0.39 is 217 Å². The summed E-state index contributed by atoms with van der Waals surface area (Å²) in [5.41, 5.74) is -23.9. The van der Waals surface area contributed by atoms with E-state index in [4.69, 9.17) is 84.6 Å². The van der Waals surface area contributed by atoms with Crippen molar-refractivity contribution in [1.82, 2.24) is 0 Å². The van der Waals surface area contributed by atoms with E-state index in [0.29, 0.717) is 284 Å². The number of carbonyl (C=O) groups is 12. The first-order chi connectivity index (χ1) is 69.7. The summed E-state index contributed by atoms with van der Waals surface area (Å²) in [7, 11) is 2.87. The van der Waals surface area contributed by atoms with Crippen LogP contribution in [0.2, 0.25) is 0 Å². The number of phosphoric acid groups is 1. The fraction of sp³-hybridized carbons (Fsp3) is 0.405. The summed E-state index contributed by atoms with van der Waals surface area (Å²) >= 11 is 0. The highest BCUT2D eigenvalue weighted by atomic mass is 31.2. The lowest BCUT2D eigenvalue weighted by Crippen LogP contribution is -2.40. The summed E-state index contributed by atoms with van der Waals surface area (Å²) in [5, 5.41) is 0. The van der Waals surface area contributed by atoms with Crippen LogP contribution in [0.4, 0.5) is 0 Å². The fourth-order valence-corrected chi connectivity index (χ4v) is 45.9. The van der Waals surface area contributed by atoms with Gasteiger partial charge in [0.05, 0.1) is 187 Å². The average molecular weight is 1920 g/mol. The van der Waals surface area contributed by atoms with Crippen molar-refractivity contribution < 1.29 is 147 Å². The molecule has 32 heteroatoms. The molecule has 6 saturated carbocycles. The third kappa shape index (κ3) is 4.58.